The van der Waals surface area contributed by atoms with E-state index in [-0.39, 0.29) is 18.1 Å². The number of carbonyl (C=O) groups excluding carboxylic acids is 1. The normalized spacial score (nSPS) is 10.9. The second kappa shape index (κ2) is 7.47. The third-order valence-corrected chi connectivity index (χ3v) is 4.60. The minimum atomic E-state index is -0.282. The third-order valence-electron chi connectivity index (χ3n) is 4.60. The van der Waals surface area contributed by atoms with Crippen molar-refractivity contribution in [1.29, 1.82) is 0 Å². The molecule has 0 aliphatic heterocycles. The van der Waals surface area contributed by atoms with E-state index in [4.69, 9.17) is 0 Å². The number of fused-ring (bicyclic) bond motifs is 1. The molecule has 3 aromatic rings. The number of para-hydroxylation sites is 2. The lowest BCUT2D eigenvalue weighted by atomic mass is 10.1. The first-order valence-corrected chi connectivity index (χ1v) is 8.86. The van der Waals surface area contributed by atoms with Crippen molar-refractivity contribution >= 4 is 28.3 Å². The quantitative estimate of drug-likeness (QED) is 0.716. The summed E-state index contributed by atoms with van der Waals surface area (Å²) >= 11 is 0. The molecule has 6 nitrogen and oxygen atoms in total. The summed E-state index contributed by atoms with van der Waals surface area (Å²) < 4.78 is 1.45. The standard InChI is InChI=1S/C20H24N4O2/c1-4-23(5-2)15-10-11-16(14(3)12-15)21-19(25)13-24-18-9-7-6-8-17(18)22-20(24)26/h6-12H,4-5,13H2,1-3H3,(H,21,25)(H,22,26). The van der Waals surface area contributed by atoms with Gasteiger partial charge in [0.25, 0.3) is 0 Å². The Morgan fingerprint density at radius 3 is 2.58 bits per heavy atom. The maximum Gasteiger partial charge on any atom is 0.326 e. The van der Waals surface area contributed by atoms with Crippen LogP contribution in [0.5, 0.6) is 0 Å². The van der Waals surface area contributed by atoms with Crippen LogP contribution in [0.3, 0.4) is 0 Å². The van der Waals surface area contributed by atoms with Gasteiger partial charge in [-0.2, -0.15) is 0 Å². The molecule has 0 saturated carbocycles. The van der Waals surface area contributed by atoms with E-state index in [1.807, 2.05) is 43.3 Å². The maximum absolute atomic E-state index is 12.5. The number of benzene rings is 2. The Hall–Kier alpha value is -3.02. The van der Waals surface area contributed by atoms with Crippen molar-refractivity contribution in [3.8, 4) is 0 Å². The van der Waals surface area contributed by atoms with Crippen molar-refractivity contribution in [3.63, 3.8) is 0 Å². The van der Waals surface area contributed by atoms with Gasteiger partial charge in [0.05, 0.1) is 11.0 Å². The number of anilines is 2. The Balaban J connectivity index is 1.78. The average Bonchev–Trinajstić information content (AvgIpc) is 2.94. The fourth-order valence-electron chi connectivity index (χ4n) is 3.17. The molecule has 1 amide bonds. The first-order chi connectivity index (χ1) is 12.5. The summed E-state index contributed by atoms with van der Waals surface area (Å²) in [6, 6.07) is 13.3. The summed E-state index contributed by atoms with van der Waals surface area (Å²) in [5.74, 6) is -0.226. The Bertz CT molecular complexity index is 983. The van der Waals surface area contributed by atoms with Crippen LogP contribution in [-0.2, 0) is 11.3 Å². The van der Waals surface area contributed by atoms with Gasteiger partial charge in [-0.15, -0.1) is 0 Å². The van der Waals surface area contributed by atoms with Gasteiger partial charge in [-0.05, 0) is 56.7 Å². The lowest BCUT2D eigenvalue weighted by Gasteiger charge is -2.22. The topological polar surface area (TPSA) is 70.1 Å². The molecule has 26 heavy (non-hydrogen) atoms. The molecule has 0 bridgehead atoms. The van der Waals surface area contributed by atoms with Crippen LogP contribution < -0.4 is 15.9 Å². The molecule has 1 heterocycles. The largest absolute Gasteiger partial charge is 0.372 e. The van der Waals surface area contributed by atoms with E-state index in [1.165, 1.54) is 4.57 Å². The molecular weight excluding hydrogens is 328 g/mol. The summed E-state index contributed by atoms with van der Waals surface area (Å²) in [4.78, 5) is 29.6. The number of hydrogen-bond acceptors (Lipinski definition) is 3. The molecule has 0 unspecified atom stereocenters. The lowest BCUT2D eigenvalue weighted by Crippen LogP contribution is -2.26. The zero-order chi connectivity index (χ0) is 18.7. The molecule has 136 valence electrons. The van der Waals surface area contributed by atoms with Crippen molar-refractivity contribution < 1.29 is 4.79 Å². The molecule has 1 aromatic heterocycles. The summed E-state index contributed by atoms with van der Waals surface area (Å²) in [5.41, 5.74) is 4.06. The highest BCUT2D eigenvalue weighted by Crippen LogP contribution is 2.22. The molecule has 2 aromatic carbocycles. The van der Waals surface area contributed by atoms with Gasteiger partial charge in [0.15, 0.2) is 0 Å². The van der Waals surface area contributed by atoms with Gasteiger partial charge in [0.2, 0.25) is 5.91 Å². The van der Waals surface area contributed by atoms with Gasteiger partial charge in [0, 0.05) is 24.5 Å². The van der Waals surface area contributed by atoms with Crippen LogP contribution >= 0.6 is 0 Å². The van der Waals surface area contributed by atoms with Crippen LogP contribution in [0.25, 0.3) is 11.0 Å². The smallest absolute Gasteiger partial charge is 0.326 e. The molecule has 0 aliphatic carbocycles. The average molecular weight is 352 g/mol. The number of nitrogens with one attached hydrogen (secondary N) is 2. The molecule has 0 spiro atoms. The summed E-state index contributed by atoms with van der Waals surface area (Å²) in [6.45, 7) is 8.05. The van der Waals surface area contributed by atoms with E-state index >= 15 is 0 Å². The van der Waals surface area contributed by atoms with Crippen molar-refractivity contribution in [2.24, 2.45) is 0 Å². The Morgan fingerprint density at radius 2 is 1.88 bits per heavy atom. The Kier molecular flexibility index (Phi) is 5.11. The monoisotopic (exact) mass is 352 g/mol. The lowest BCUT2D eigenvalue weighted by molar-refractivity contribution is -0.116. The van der Waals surface area contributed by atoms with Gasteiger partial charge in [-0.1, -0.05) is 12.1 Å². The number of aryl methyl sites for hydroxylation is 1. The van der Waals surface area contributed by atoms with Gasteiger partial charge < -0.3 is 15.2 Å². The maximum atomic E-state index is 12.5. The van der Waals surface area contributed by atoms with E-state index in [2.05, 4.69) is 35.1 Å². The SMILES string of the molecule is CCN(CC)c1ccc(NC(=O)Cn2c(=O)[nH]c3ccccc32)c(C)c1. The number of rotatable bonds is 6. The fourth-order valence-corrected chi connectivity index (χ4v) is 3.17. The first kappa shape index (κ1) is 17.8. The minimum absolute atomic E-state index is 0.0277. The molecule has 0 radical (unpaired) electrons. The molecule has 0 saturated heterocycles. The first-order valence-electron chi connectivity index (χ1n) is 8.86. The molecule has 2 N–H and O–H groups in total. The van der Waals surface area contributed by atoms with Crippen molar-refractivity contribution in [3.05, 3.63) is 58.5 Å². The highest BCUT2D eigenvalue weighted by atomic mass is 16.2. The molecule has 3 rings (SSSR count). The predicted molar refractivity (Wildman–Crippen MR) is 106 cm³/mol. The highest BCUT2D eigenvalue weighted by molar-refractivity contribution is 5.92. The predicted octanol–water partition coefficient (Wildman–Crippen LogP) is 3.12. The van der Waals surface area contributed by atoms with Crippen molar-refractivity contribution in [2.75, 3.05) is 23.3 Å². The highest BCUT2D eigenvalue weighted by Gasteiger charge is 2.12. The number of amides is 1. The van der Waals surface area contributed by atoms with Crippen LogP contribution in [-0.4, -0.2) is 28.5 Å². The van der Waals surface area contributed by atoms with E-state index in [1.54, 1.807) is 0 Å². The van der Waals surface area contributed by atoms with Crippen LogP contribution in [0.15, 0.2) is 47.3 Å². The summed E-state index contributed by atoms with van der Waals surface area (Å²) in [6.07, 6.45) is 0. The zero-order valence-electron chi connectivity index (χ0n) is 15.4. The van der Waals surface area contributed by atoms with Crippen LogP contribution in [0.4, 0.5) is 11.4 Å². The minimum Gasteiger partial charge on any atom is -0.372 e. The molecule has 0 aliphatic rings. The van der Waals surface area contributed by atoms with Crippen LogP contribution in [0.2, 0.25) is 0 Å². The second-order valence-corrected chi connectivity index (χ2v) is 6.25. The van der Waals surface area contributed by atoms with Gasteiger partial charge >= 0.3 is 5.69 Å². The number of hydrogen-bond donors (Lipinski definition) is 2. The fraction of sp³-hybridized carbons (Fsp3) is 0.300. The Morgan fingerprint density at radius 1 is 1.15 bits per heavy atom. The summed E-state index contributed by atoms with van der Waals surface area (Å²) in [5, 5.41) is 2.91. The van der Waals surface area contributed by atoms with E-state index in [9.17, 15) is 9.59 Å². The number of H-pyrrole nitrogens is 1. The number of nitrogens with zero attached hydrogens (tertiary/aromatic N) is 2. The molecular formula is C20H24N4O2. The van der Waals surface area contributed by atoms with Gasteiger partial charge in [-0.25, -0.2) is 4.79 Å². The van der Waals surface area contributed by atoms with E-state index < -0.39 is 0 Å². The second-order valence-electron chi connectivity index (χ2n) is 6.25. The number of carbonyl (C=O) groups is 1. The van der Waals surface area contributed by atoms with E-state index in [0.29, 0.717) is 0 Å². The number of aromatic amines is 1. The third kappa shape index (κ3) is 3.49. The van der Waals surface area contributed by atoms with Gasteiger partial charge in [-0.3, -0.25) is 9.36 Å². The van der Waals surface area contributed by atoms with Crippen molar-refractivity contribution in [2.45, 2.75) is 27.3 Å². The molecule has 0 fully saturated rings. The van der Waals surface area contributed by atoms with Crippen molar-refractivity contribution in [1.82, 2.24) is 9.55 Å². The Labute approximate surface area is 152 Å². The zero-order valence-corrected chi connectivity index (χ0v) is 15.4. The van der Waals surface area contributed by atoms with Crippen LogP contribution in [0, 0.1) is 6.92 Å². The molecule has 6 heteroatoms. The summed E-state index contributed by atoms with van der Waals surface area (Å²) in [7, 11) is 0. The molecule has 0 atom stereocenters. The number of aromatic nitrogens is 2. The van der Waals surface area contributed by atoms with E-state index in [0.717, 1.165) is 41.1 Å². The van der Waals surface area contributed by atoms with Gasteiger partial charge in [0.1, 0.15) is 6.54 Å². The van der Waals surface area contributed by atoms with Crippen LogP contribution in [0.1, 0.15) is 19.4 Å². The number of imidazole rings is 1.